The number of carbonyl (C=O) groups is 2. The Labute approximate surface area is 126 Å². The Morgan fingerprint density at radius 2 is 2.00 bits per heavy atom. The van der Waals surface area contributed by atoms with Crippen LogP contribution in [0.1, 0.15) is 12.8 Å². The molecular weight excluding hydrogens is 288 g/mol. The van der Waals surface area contributed by atoms with Crippen molar-refractivity contribution in [3.05, 3.63) is 35.8 Å². The van der Waals surface area contributed by atoms with E-state index in [1.54, 1.807) is 17.5 Å². The average molecular weight is 302 g/mol. The number of hydrogen-bond acceptors (Lipinski definition) is 5. The van der Waals surface area contributed by atoms with Crippen molar-refractivity contribution in [1.82, 2.24) is 4.98 Å². The summed E-state index contributed by atoms with van der Waals surface area (Å²) in [6.45, 7) is 0. The lowest BCUT2D eigenvalue weighted by molar-refractivity contribution is -0.150. The monoisotopic (exact) mass is 302 g/mol. The maximum absolute atomic E-state index is 12.2. The van der Waals surface area contributed by atoms with E-state index in [1.807, 2.05) is 29.6 Å². The highest BCUT2D eigenvalue weighted by Crippen LogP contribution is 2.47. The number of rotatable bonds is 4. The van der Waals surface area contributed by atoms with Gasteiger partial charge in [-0.15, -0.1) is 11.3 Å². The number of methoxy groups -OCH3 is 1. The zero-order valence-electron chi connectivity index (χ0n) is 11.5. The predicted molar refractivity (Wildman–Crippen MR) is 79.9 cm³/mol. The lowest BCUT2D eigenvalue weighted by atomic mass is 10.1. The summed E-state index contributed by atoms with van der Waals surface area (Å²) in [7, 11) is 1.30. The predicted octanol–water partition coefficient (Wildman–Crippen LogP) is 2.70. The standard InChI is InChI=1S/C15H14N2O3S/c1-20-14(19)15(6-7-15)13(18)17-11-4-2-10(3-5-11)12-16-8-9-21-12/h2-5,8-9H,6-7H2,1H3,(H,17,18). The molecule has 6 heteroatoms. The maximum Gasteiger partial charge on any atom is 0.321 e. The molecule has 1 N–H and O–H groups in total. The summed E-state index contributed by atoms with van der Waals surface area (Å²) in [6, 6.07) is 7.41. The van der Waals surface area contributed by atoms with Gasteiger partial charge < -0.3 is 10.1 Å². The first-order valence-electron chi connectivity index (χ1n) is 6.55. The zero-order valence-corrected chi connectivity index (χ0v) is 12.3. The van der Waals surface area contributed by atoms with Gasteiger partial charge in [-0.2, -0.15) is 0 Å². The fourth-order valence-corrected chi connectivity index (χ4v) is 2.80. The lowest BCUT2D eigenvalue weighted by Crippen LogP contribution is -2.32. The van der Waals surface area contributed by atoms with Crippen LogP contribution < -0.4 is 5.32 Å². The zero-order chi connectivity index (χ0) is 14.9. The number of anilines is 1. The molecule has 1 fully saturated rings. The van der Waals surface area contributed by atoms with Crippen molar-refractivity contribution in [3.8, 4) is 10.6 Å². The molecule has 1 amide bonds. The van der Waals surface area contributed by atoms with Crippen molar-refractivity contribution in [2.45, 2.75) is 12.8 Å². The molecule has 1 saturated carbocycles. The molecule has 2 aromatic rings. The summed E-state index contributed by atoms with van der Waals surface area (Å²) in [5, 5.41) is 5.62. The van der Waals surface area contributed by atoms with E-state index in [0.717, 1.165) is 10.6 Å². The van der Waals surface area contributed by atoms with Gasteiger partial charge in [-0.05, 0) is 37.1 Å². The fourth-order valence-electron chi connectivity index (χ4n) is 2.16. The Balaban J connectivity index is 1.71. The lowest BCUT2D eigenvalue weighted by Gasteiger charge is -2.13. The number of amides is 1. The fraction of sp³-hybridized carbons (Fsp3) is 0.267. The van der Waals surface area contributed by atoms with Crippen LogP contribution >= 0.6 is 11.3 Å². The van der Waals surface area contributed by atoms with Crippen molar-refractivity contribution < 1.29 is 14.3 Å². The van der Waals surface area contributed by atoms with Crippen molar-refractivity contribution in [2.24, 2.45) is 5.41 Å². The molecule has 0 bridgehead atoms. The summed E-state index contributed by atoms with van der Waals surface area (Å²) in [5.41, 5.74) is 0.676. The molecule has 1 aromatic carbocycles. The third-order valence-corrected chi connectivity index (χ3v) is 4.40. The van der Waals surface area contributed by atoms with Crippen LogP contribution in [0.3, 0.4) is 0 Å². The average Bonchev–Trinajstić information content (AvgIpc) is 3.15. The number of nitrogens with zero attached hydrogens (tertiary/aromatic N) is 1. The molecular formula is C15H14N2O3S. The first-order chi connectivity index (χ1) is 10.2. The quantitative estimate of drug-likeness (QED) is 0.696. The third-order valence-electron chi connectivity index (χ3n) is 3.58. The van der Waals surface area contributed by atoms with Crippen LogP contribution in [0.4, 0.5) is 5.69 Å². The molecule has 0 atom stereocenters. The third kappa shape index (κ3) is 2.54. The SMILES string of the molecule is COC(=O)C1(C(=O)Nc2ccc(-c3nccs3)cc2)CC1. The first kappa shape index (κ1) is 13.8. The van der Waals surface area contributed by atoms with Crippen molar-refractivity contribution in [3.63, 3.8) is 0 Å². The van der Waals surface area contributed by atoms with Gasteiger partial charge in [-0.3, -0.25) is 9.59 Å². The van der Waals surface area contributed by atoms with Crippen molar-refractivity contribution in [2.75, 3.05) is 12.4 Å². The molecule has 1 aliphatic rings. The molecule has 0 saturated heterocycles. The van der Waals surface area contributed by atoms with Crippen LogP contribution in [-0.2, 0) is 14.3 Å². The number of aromatic nitrogens is 1. The Bertz CT molecular complexity index is 661. The summed E-state index contributed by atoms with van der Waals surface area (Å²) >= 11 is 1.56. The van der Waals surface area contributed by atoms with Gasteiger partial charge in [0, 0.05) is 22.8 Å². The van der Waals surface area contributed by atoms with Crippen LogP contribution in [0.15, 0.2) is 35.8 Å². The maximum atomic E-state index is 12.2. The van der Waals surface area contributed by atoms with E-state index in [-0.39, 0.29) is 5.91 Å². The number of hydrogen-bond donors (Lipinski definition) is 1. The molecule has 1 aromatic heterocycles. The minimum Gasteiger partial charge on any atom is -0.468 e. The Morgan fingerprint density at radius 1 is 1.29 bits per heavy atom. The molecule has 5 nitrogen and oxygen atoms in total. The Hall–Kier alpha value is -2.21. The molecule has 108 valence electrons. The number of esters is 1. The van der Waals surface area contributed by atoms with Crippen molar-refractivity contribution in [1.29, 1.82) is 0 Å². The van der Waals surface area contributed by atoms with Gasteiger partial charge in [0.2, 0.25) is 5.91 Å². The van der Waals surface area contributed by atoms with Gasteiger partial charge in [0.15, 0.2) is 0 Å². The van der Waals surface area contributed by atoms with E-state index < -0.39 is 11.4 Å². The molecule has 0 radical (unpaired) electrons. The highest BCUT2D eigenvalue weighted by atomic mass is 32.1. The van der Waals surface area contributed by atoms with Gasteiger partial charge >= 0.3 is 5.97 Å². The minimum absolute atomic E-state index is 0.295. The molecule has 1 aliphatic carbocycles. The largest absolute Gasteiger partial charge is 0.468 e. The summed E-state index contributed by atoms with van der Waals surface area (Å²) < 4.78 is 4.70. The minimum atomic E-state index is -0.983. The number of carbonyl (C=O) groups excluding carboxylic acids is 2. The second-order valence-electron chi connectivity index (χ2n) is 4.94. The number of thiazole rings is 1. The number of nitrogens with one attached hydrogen (secondary N) is 1. The normalized spacial score (nSPS) is 15.3. The second kappa shape index (κ2) is 5.29. The topological polar surface area (TPSA) is 68.3 Å². The van der Waals surface area contributed by atoms with Gasteiger partial charge in [-0.25, -0.2) is 4.98 Å². The molecule has 3 rings (SSSR count). The van der Waals surface area contributed by atoms with E-state index in [1.165, 1.54) is 7.11 Å². The van der Waals surface area contributed by atoms with Gasteiger partial charge in [0.25, 0.3) is 0 Å². The molecule has 0 unspecified atom stereocenters. The van der Waals surface area contributed by atoms with E-state index in [4.69, 9.17) is 4.74 Å². The van der Waals surface area contributed by atoms with Crippen LogP contribution in [0.25, 0.3) is 10.6 Å². The van der Waals surface area contributed by atoms with Crippen LogP contribution in [0.5, 0.6) is 0 Å². The van der Waals surface area contributed by atoms with E-state index >= 15 is 0 Å². The summed E-state index contributed by atoms with van der Waals surface area (Å²) in [6.07, 6.45) is 2.84. The van der Waals surface area contributed by atoms with Crippen LogP contribution in [0.2, 0.25) is 0 Å². The van der Waals surface area contributed by atoms with Gasteiger partial charge in [0.1, 0.15) is 10.4 Å². The summed E-state index contributed by atoms with van der Waals surface area (Å²) in [4.78, 5) is 28.1. The molecule has 1 heterocycles. The number of ether oxygens (including phenoxy) is 1. The van der Waals surface area contributed by atoms with Gasteiger partial charge in [-0.1, -0.05) is 0 Å². The molecule has 0 aliphatic heterocycles. The smallest absolute Gasteiger partial charge is 0.321 e. The second-order valence-corrected chi connectivity index (χ2v) is 5.84. The van der Waals surface area contributed by atoms with E-state index in [2.05, 4.69) is 10.3 Å². The Morgan fingerprint density at radius 3 is 2.52 bits per heavy atom. The highest BCUT2D eigenvalue weighted by molar-refractivity contribution is 7.13. The van der Waals surface area contributed by atoms with Crippen molar-refractivity contribution >= 4 is 28.9 Å². The highest BCUT2D eigenvalue weighted by Gasteiger charge is 2.57. The van der Waals surface area contributed by atoms with Crippen LogP contribution in [-0.4, -0.2) is 24.0 Å². The number of benzene rings is 1. The Kier molecular flexibility index (Phi) is 3.47. The van der Waals surface area contributed by atoms with Crippen LogP contribution in [0, 0.1) is 5.41 Å². The molecule has 21 heavy (non-hydrogen) atoms. The summed E-state index contributed by atoms with van der Waals surface area (Å²) in [5.74, 6) is -0.754. The van der Waals surface area contributed by atoms with E-state index in [0.29, 0.717) is 18.5 Å². The first-order valence-corrected chi connectivity index (χ1v) is 7.43. The van der Waals surface area contributed by atoms with Gasteiger partial charge in [0.05, 0.1) is 7.11 Å². The molecule has 0 spiro atoms. The van der Waals surface area contributed by atoms with E-state index in [9.17, 15) is 9.59 Å².